The molecule has 1 saturated carbocycles. The van der Waals surface area contributed by atoms with E-state index in [9.17, 15) is 9.59 Å². The molecule has 2 rings (SSSR count). The van der Waals surface area contributed by atoms with Crippen LogP contribution in [0.5, 0.6) is 0 Å². The predicted molar refractivity (Wildman–Crippen MR) is 83.7 cm³/mol. The number of amides is 2. The average molecular weight is 321 g/mol. The number of rotatable bonds is 7. The first-order valence-corrected chi connectivity index (χ1v) is 7.55. The number of nitrogens with two attached hydrogens (primary N) is 1. The van der Waals surface area contributed by atoms with Crippen LogP contribution in [0.4, 0.5) is 0 Å². The molecular formula is C16H23N3O4. The van der Waals surface area contributed by atoms with Crippen LogP contribution in [0.3, 0.4) is 0 Å². The number of hydrogen-bond donors (Lipinski definition) is 4. The van der Waals surface area contributed by atoms with Crippen molar-refractivity contribution in [1.29, 1.82) is 0 Å². The molecule has 0 unspecified atom stereocenters. The molecule has 5 N–H and O–H groups in total. The van der Waals surface area contributed by atoms with E-state index in [2.05, 4.69) is 5.32 Å². The predicted octanol–water partition coefficient (Wildman–Crippen LogP) is 0.707. The number of ether oxygens (including phenoxy) is 1. The molecule has 23 heavy (non-hydrogen) atoms. The first-order chi connectivity index (χ1) is 10.8. The molecule has 1 atom stereocenters. The normalized spacial score (nSPS) is 15.8. The van der Waals surface area contributed by atoms with Crippen molar-refractivity contribution < 1.29 is 19.5 Å². The van der Waals surface area contributed by atoms with E-state index in [1.54, 1.807) is 26.0 Å². The fraction of sp³-hybridized carbons (Fsp3) is 0.500. The maximum Gasteiger partial charge on any atom is 0.267 e. The molecule has 0 spiro atoms. The van der Waals surface area contributed by atoms with Crippen molar-refractivity contribution in [2.24, 2.45) is 5.73 Å². The van der Waals surface area contributed by atoms with Crippen LogP contribution in [0.2, 0.25) is 0 Å². The van der Waals surface area contributed by atoms with Crippen LogP contribution in [0.1, 0.15) is 42.6 Å². The van der Waals surface area contributed by atoms with Crippen molar-refractivity contribution >= 4 is 11.8 Å². The molecule has 2 amide bonds. The maximum absolute atomic E-state index is 12.2. The molecule has 0 aliphatic heterocycles. The second-order valence-corrected chi connectivity index (χ2v) is 6.41. The van der Waals surface area contributed by atoms with Gasteiger partial charge in [0.15, 0.2) is 0 Å². The number of hydroxylamine groups is 1. The van der Waals surface area contributed by atoms with Crippen molar-refractivity contribution in [2.75, 3.05) is 0 Å². The lowest BCUT2D eigenvalue weighted by atomic mass is 9.95. The van der Waals surface area contributed by atoms with Gasteiger partial charge in [-0.05, 0) is 44.4 Å². The molecule has 0 aromatic heterocycles. The second-order valence-electron chi connectivity index (χ2n) is 6.41. The summed E-state index contributed by atoms with van der Waals surface area (Å²) in [6.45, 7) is 3.70. The van der Waals surface area contributed by atoms with Gasteiger partial charge in [0.25, 0.3) is 11.8 Å². The van der Waals surface area contributed by atoms with Crippen LogP contribution in [-0.4, -0.2) is 34.7 Å². The molecule has 126 valence electrons. The molecule has 0 saturated heterocycles. The van der Waals surface area contributed by atoms with E-state index >= 15 is 0 Å². The van der Waals surface area contributed by atoms with Crippen molar-refractivity contribution in [1.82, 2.24) is 10.8 Å². The number of carbonyl (C=O) groups excluding carboxylic acids is 2. The Hall–Kier alpha value is -1.96. The second kappa shape index (κ2) is 7.08. The topological polar surface area (TPSA) is 114 Å². The molecule has 1 aromatic carbocycles. The van der Waals surface area contributed by atoms with E-state index in [-0.39, 0.29) is 0 Å². The lowest BCUT2D eigenvalue weighted by Crippen LogP contribution is -2.61. The van der Waals surface area contributed by atoms with Gasteiger partial charge in [-0.3, -0.25) is 14.8 Å². The third-order valence-corrected chi connectivity index (χ3v) is 3.62. The smallest absolute Gasteiger partial charge is 0.267 e. The number of carbonyl (C=O) groups is 2. The monoisotopic (exact) mass is 321 g/mol. The van der Waals surface area contributed by atoms with Gasteiger partial charge in [-0.2, -0.15) is 0 Å². The highest BCUT2D eigenvalue weighted by Gasteiger charge is 2.33. The Labute approximate surface area is 135 Å². The summed E-state index contributed by atoms with van der Waals surface area (Å²) >= 11 is 0. The van der Waals surface area contributed by atoms with Gasteiger partial charge in [-0.1, -0.05) is 12.1 Å². The van der Waals surface area contributed by atoms with E-state index < -0.39 is 23.4 Å². The van der Waals surface area contributed by atoms with Gasteiger partial charge >= 0.3 is 0 Å². The molecule has 0 heterocycles. The summed E-state index contributed by atoms with van der Waals surface area (Å²) in [6, 6.07) is 5.90. The van der Waals surface area contributed by atoms with Gasteiger partial charge in [0.1, 0.15) is 6.04 Å². The summed E-state index contributed by atoms with van der Waals surface area (Å²) in [6.07, 6.45) is 2.61. The van der Waals surface area contributed by atoms with Gasteiger partial charge in [-0.25, -0.2) is 5.48 Å². The third-order valence-electron chi connectivity index (χ3n) is 3.62. The van der Waals surface area contributed by atoms with E-state index in [0.29, 0.717) is 18.3 Å². The summed E-state index contributed by atoms with van der Waals surface area (Å²) < 4.78 is 5.60. The van der Waals surface area contributed by atoms with Crippen LogP contribution >= 0.6 is 0 Å². The quantitative estimate of drug-likeness (QED) is 0.436. The standard InChI is InChI=1S/C16H23N3O4/c1-16(2,17)13(15(21)19-22)18-14(20)11-5-3-10(4-6-11)9-23-12-7-8-12/h3-6,12-13,22H,7-9,17H2,1-2H3,(H,18,20)(H,19,21)/t13-/m1/s1. The molecule has 1 aliphatic carbocycles. The Morgan fingerprint density at radius 3 is 2.43 bits per heavy atom. The molecular weight excluding hydrogens is 298 g/mol. The summed E-state index contributed by atoms with van der Waals surface area (Å²) in [5.74, 6) is -1.20. The fourth-order valence-electron chi connectivity index (χ4n) is 2.07. The van der Waals surface area contributed by atoms with Crippen LogP contribution in [0.25, 0.3) is 0 Å². The Kier molecular flexibility index (Phi) is 5.35. The highest BCUT2D eigenvalue weighted by atomic mass is 16.5. The first kappa shape index (κ1) is 17.4. The van der Waals surface area contributed by atoms with E-state index in [1.165, 1.54) is 5.48 Å². The highest BCUT2D eigenvalue weighted by molar-refractivity contribution is 5.97. The molecule has 1 aliphatic rings. The molecule has 7 heteroatoms. The van der Waals surface area contributed by atoms with E-state index in [0.717, 1.165) is 18.4 Å². The highest BCUT2D eigenvalue weighted by Crippen LogP contribution is 2.24. The SMILES string of the molecule is CC(C)(N)[C@H](NC(=O)c1ccc(COC2CC2)cc1)C(=O)NO. The van der Waals surface area contributed by atoms with E-state index in [1.807, 2.05) is 12.1 Å². The van der Waals surface area contributed by atoms with Crippen molar-refractivity contribution in [3.63, 3.8) is 0 Å². The number of benzene rings is 1. The summed E-state index contributed by atoms with van der Waals surface area (Å²) in [5.41, 5.74) is 7.76. The molecule has 0 bridgehead atoms. The maximum atomic E-state index is 12.2. The number of hydrogen-bond acceptors (Lipinski definition) is 5. The Balaban J connectivity index is 1.99. The van der Waals surface area contributed by atoms with Crippen LogP contribution < -0.4 is 16.5 Å². The summed E-state index contributed by atoms with van der Waals surface area (Å²) in [4.78, 5) is 23.9. The zero-order chi connectivity index (χ0) is 17.0. The lowest BCUT2D eigenvalue weighted by Gasteiger charge is -2.29. The minimum absolute atomic E-state index is 0.377. The largest absolute Gasteiger partial charge is 0.374 e. The summed E-state index contributed by atoms with van der Waals surface area (Å²) in [5, 5.41) is 11.3. The minimum atomic E-state index is -1.06. The zero-order valence-corrected chi connectivity index (χ0v) is 13.3. The average Bonchev–Trinajstić information content (AvgIpc) is 3.33. The van der Waals surface area contributed by atoms with Crippen LogP contribution in [0, 0.1) is 0 Å². The van der Waals surface area contributed by atoms with Crippen molar-refractivity contribution in [2.45, 2.75) is 51.0 Å². The fourth-order valence-corrected chi connectivity index (χ4v) is 2.07. The van der Waals surface area contributed by atoms with Crippen LogP contribution in [-0.2, 0) is 16.1 Å². The molecule has 1 aromatic rings. The Morgan fingerprint density at radius 1 is 1.35 bits per heavy atom. The molecule has 0 radical (unpaired) electrons. The first-order valence-electron chi connectivity index (χ1n) is 7.55. The third kappa shape index (κ3) is 5.02. The van der Waals surface area contributed by atoms with Crippen LogP contribution in [0.15, 0.2) is 24.3 Å². The molecule has 1 fully saturated rings. The zero-order valence-electron chi connectivity index (χ0n) is 13.3. The minimum Gasteiger partial charge on any atom is -0.374 e. The summed E-state index contributed by atoms with van der Waals surface area (Å²) in [7, 11) is 0. The molecule has 7 nitrogen and oxygen atoms in total. The van der Waals surface area contributed by atoms with Gasteiger partial charge in [0.2, 0.25) is 0 Å². The number of nitrogens with one attached hydrogen (secondary N) is 2. The van der Waals surface area contributed by atoms with Gasteiger partial charge in [-0.15, -0.1) is 0 Å². The van der Waals surface area contributed by atoms with Gasteiger partial charge in [0, 0.05) is 11.1 Å². The Bertz CT molecular complexity index is 562. The van der Waals surface area contributed by atoms with Gasteiger partial charge in [0.05, 0.1) is 12.7 Å². The van der Waals surface area contributed by atoms with Gasteiger partial charge < -0.3 is 15.8 Å². The lowest BCUT2D eigenvalue weighted by molar-refractivity contribution is -0.132. The van der Waals surface area contributed by atoms with Crippen molar-refractivity contribution in [3.8, 4) is 0 Å². The van der Waals surface area contributed by atoms with Crippen molar-refractivity contribution in [3.05, 3.63) is 35.4 Å². The van der Waals surface area contributed by atoms with E-state index in [4.69, 9.17) is 15.7 Å². The Morgan fingerprint density at radius 2 is 1.96 bits per heavy atom.